The summed E-state index contributed by atoms with van der Waals surface area (Å²) in [4.78, 5) is 12.0. The Morgan fingerprint density at radius 1 is 1.38 bits per heavy atom. The summed E-state index contributed by atoms with van der Waals surface area (Å²) in [6.45, 7) is 2.60. The van der Waals surface area contributed by atoms with Crippen molar-refractivity contribution in [2.45, 2.75) is 51.0 Å². The molecule has 0 unspecified atom stereocenters. The fourth-order valence-electron chi connectivity index (χ4n) is 2.86. The number of rotatable bonds is 7. The Balaban J connectivity index is 1.67. The molecule has 116 valence electrons. The monoisotopic (exact) mass is 291 g/mol. The van der Waals surface area contributed by atoms with Crippen LogP contribution in [0.1, 0.15) is 44.1 Å². The van der Waals surface area contributed by atoms with Crippen LogP contribution < -0.4 is 10.1 Å². The molecule has 2 N–H and O–H groups in total. The Kier molecular flexibility index (Phi) is 5.62. The van der Waals surface area contributed by atoms with Gasteiger partial charge in [0.1, 0.15) is 5.75 Å². The first-order valence-corrected chi connectivity index (χ1v) is 7.75. The van der Waals surface area contributed by atoms with Crippen molar-refractivity contribution in [1.29, 1.82) is 0 Å². The fourth-order valence-corrected chi connectivity index (χ4v) is 2.86. The van der Waals surface area contributed by atoms with Gasteiger partial charge >= 0.3 is 0 Å². The Morgan fingerprint density at radius 3 is 2.81 bits per heavy atom. The van der Waals surface area contributed by atoms with Crippen LogP contribution in [0, 0.1) is 6.92 Å². The largest absolute Gasteiger partial charge is 0.494 e. The number of aryl methyl sites for hydroxylation is 1. The van der Waals surface area contributed by atoms with Crippen LogP contribution in [0.4, 0.5) is 0 Å². The number of nitrogens with one attached hydrogen (secondary N) is 1. The van der Waals surface area contributed by atoms with E-state index in [0.717, 1.165) is 37.0 Å². The van der Waals surface area contributed by atoms with Crippen LogP contribution in [0.15, 0.2) is 24.3 Å². The van der Waals surface area contributed by atoms with Crippen molar-refractivity contribution in [3.05, 3.63) is 29.8 Å². The summed E-state index contributed by atoms with van der Waals surface area (Å²) in [5.74, 6) is 0.858. The van der Waals surface area contributed by atoms with Crippen LogP contribution in [0.2, 0.25) is 0 Å². The molecule has 4 heteroatoms. The maximum absolute atomic E-state index is 12.0. The molecule has 1 aliphatic rings. The normalized spacial score (nSPS) is 16.7. The molecular formula is C17H25NO3. The van der Waals surface area contributed by atoms with E-state index in [1.165, 1.54) is 0 Å². The first-order valence-electron chi connectivity index (χ1n) is 7.75. The van der Waals surface area contributed by atoms with E-state index in [1.54, 1.807) is 0 Å². The second kappa shape index (κ2) is 7.46. The van der Waals surface area contributed by atoms with Gasteiger partial charge in [-0.3, -0.25) is 4.79 Å². The molecule has 1 aromatic rings. The van der Waals surface area contributed by atoms with Crippen LogP contribution in [0.3, 0.4) is 0 Å². The van der Waals surface area contributed by atoms with Crippen LogP contribution in [0.25, 0.3) is 0 Å². The molecule has 2 rings (SSSR count). The number of hydrogen-bond donors (Lipinski definition) is 2. The molecule has 4 nitrogen and oxygen atoms in total. The predicted octanol–water partition coefficient (Wildman–Crippen LogP) is 2.58. The Hall–Kier alpha value is -1.55. The van der Waals surface area contributed by atoms with Crippen molar-refractivity contribution in [3.63, 3.8) is 0 Å². The van der Waals surface area contributed by atoms with Gasteiger partial charge in [0.2, 0.25) is 5.91 Å². The van der Waals surface area contributed by atoms with Gasteiger partial charge in [-0.1, -0.05) is 25.0 Å². The van der Waals surface area contributed by atoms with E-state index in [1.807, 2.05) is 31.2 Å². The quantitative estimate of drug-likeness (QED) is 0.759. The van der Waals surface area contributed by atoms with E-state index in [9.17, 15) is 9.90 Å². The summed E-state index contributed by atoms with van der Waals surface area (Å²) < 4.78 is 5.63. The smallest absolute Gasteiger partial charge is 0.220 e. The SMILES string of the molecule is Cc1cccc(OCCCC(=O)NC2(CO)CCCC2)c1. The van der Waals surface area contributed by atoms with Crippen LogP contribution in [-0.4, -0.2) is 29.8 Å². The van der Waals surface area contributed by atoms with E-state index >= 15 is 0 Å². The molecule has 0 atom stereocenters. The lowest BCUT2D eigenvalue weighted by Crippen LogP contribution is -2.49. The van der Waals surface area contributed by atoms with Crippen molar-refractivity contribution in [1.82, 2.24) is 5.32 Å². The summed E-state index contributed by atoms with van der Waals surface area (Å²) >= 11 is 0. The van der Waals surface area contributed by atoms with Crippen LogP contribution in [0.5, 0.6) is 5.75 Å². The number of aliphatic hydroxyl groups is 1. The summed E-state index contributed by atoms with van der Waals surface area (Å²) in [6.07, 6.45) is 5.05. The molecule has 0 spiro atoms. The van der Waals surface area contributed by atoms with E-state index in [2.05, 4.69) is 5.32 Å². The highest BCUT2D eigenvalue weighted by molar-refractivity contribution is 5.76. The Labute approximate surface area is 126 Å². The minimum absolute atomic E-state index is 0.0128. The summed E-state index contributed by atoms with van der Waals surface area (Å²) in [5, 5.41) is 12.5. The molecular weight excluding hydrogens is 266 g/mol. The zero-order chi connectivity index (χ0) is 15.1. The molecule has 1 saturated carbocycles. The molecule has 1 amide bonds. The maximum atomic E-state index is 12.0. The summed E-state index contributed by atoms with van der Waals surface area (Å²) in [6, 6.07) is 7.89. The predicted molar refractivity (Wildman–Crippen MR) is 82.3 cm³/mol. The van der Waals surface area contributed by atoms with E-state index in [4.69, 9.17) is 4.74 Å². The standard InChI is InChI=1S/C17H25NO3/c1-14-6-4-7-15(12-14)21-11-5-8-16(20)18-17(13-19)9-2-3-10-17/h4,6-7,12,19H,2-3,5,8-11,13H2,1H3,(H,18,20). The fraction of sp³-hybridized carbons (Fsp3) is 0.588. The second-order valence-electron chi connectivity index (χ2n) is 5.96. The van der Waals surface area contributed by atoms with Crippen molar-refractivity contribution in [2.24, 2.45) is 0 Å². The molecule has 0 aliphatic heterocycles. The third-order valence-corrected chi connectivity index (χ3v) is 4.07. The minimum atomic E-state index is -0.367. The molecule has 1 aromatic carbocycles. The van der Waals surface area contributed by atoms with Gasteiger partial charge in [-0.2, -0.15) is 0 Å². The number of aliphatic hydroxyl groups excluding tert-OH is 1. The average molecular weight is 291 g/mol. The van der Waals surface area contributed by atoms with Crippen molar-refractivity contribution in [2.75, 3.05) is 13.2 Å². The topological polar surface area (TPSA) is 58.6 Å². The molecule has 0 heterocycles. The second-order valence-corrected chi connectivity index (χ2v) is 5.96. The summed E-state index contributed by atoms with van der Waals surface area (Å²) in [7, 11) is 0. The number of amides is 1. The van der Waals surface area contributed by atoms with Gasteiger partial charge in [-0.25, -0.2) is 0 Å². The van der Waals surface area contributed by atoms with Gasteiger partial charge in [0.05, 0.1) is 18.8 Å². The van der Waals surface area contributed by atoms with E-state index in [0.29, 0.717) is 19.4 Å². The highest BCUT2D eigenvalue weighted by atomic mass is 16.5. The lowest BCUT2D eigenvalue weighted by molar-refractivity contribution is -0.123. The first-order chi connectivity index (χ1) is 10.1. The molecule has 1 fully saturated rings. The first kappa shape index (κ1) is 15.8. The molecule has 0 aromatic heterocycles. The van der Waals surface area contributed by atoms with Gasteiger partial charge in [0, 0.05) is 6.42 Å². The van der Waals surface area contributed by atoms with E-state index < -0.39 is 0 Å². The average Bonchev–Trinajstić information content (AvgIpc) is 2.93. The maximum Gasteiger partial charge on any atom is 0.220 e. The third-order valence-electron chi connectivity index (χ3n) is 4.07. The van der Waals surface area contributed by atoms with Gasteiger partial charge in [-0.15, -0.1) is 0 Å². The Bertz CT molecular complexity index is 467. The van der Waals surface area contributed by atoms with E-state index in [-0.39, 0.29) is 18.1 Å². The van der Waals surface area contributed by atoms with Crippen molar-refractivity contribution >= 4 is 5.91 Å². The third kappa shape index (κ3) is 4.74. The summed E-state index contributed by atoms with van der Waals surface area (Å²) in [5.41, 5.74) is 0.797. The number of hydrogen-bond acceptors (Lipinski definition) is 3. The van der Waals surface area contributed by atoms with Gasteiger partial charge < -0.3 is 15.2 Å². The molecule has 0 bridgehead atoms. The van der Waals surface area contributed by atoms with Gasteiger partial charge in [-0.05, 0) is 43.9 Å². The van der Waals surface area contributed by atoms with Crippen molar-refractivity contribution in [3.8, 4) is 5.75 Å². The zero-order valence-corrected chi connectivity index (χ0v) is 12.7. The number of ether oxygens (including phenoxy) is 1. The minimum Gasteiger partial charge on any atom is -0.494 e. The van der Waals surface area contributed by atoms with Crippen molar-refractivity contribution < 1.29 is 14.6 Å². The van der Waals surface area contributed by atoms with Gasteiger partial charge in [0.15, 0.2) is 0 Å². The highest BCUT2D eigenvalue weighted by Crippen LogP contribution is 2.29. The lowest BCUT2D eigenvalue weighted by atomic mass is 9.98. The number of benzene rings is 1. The van der Waals surface area contributed by atoms with Gasteiger partial charge in [0.25, 0.3) is 0 Å². The van der Waals surface area contributed by atoms with Crippen LogP contribution in [-0.2, 0) is 4.79 Å². The molecule has 0 saturated heterocycles. The Morgan fingerprint density at radius 2 is 2.14 bits per heavy atom. The number of carbonyl (C=O) groups is 1. The molecule has 0 radical (unpaired) electrons. The zero-order valence-electron chi connectivity index (χ0n) is 12.7. The lowest BCUT2D eigenvalue weighted by Gasteiger charge is -2.28. The molecule has 21 heavy (non-hydrogen) atoms. The number of carbonyl (C=O) groups excluding carboxylic acids is 1. The molecule has 1 aliphatic carbocycles. The van der Waals surface area contributed by atoms with Crippen LogP contribution >= 0.6 is 0 Å². The highest BCUT2D eigenvalue weighted by Gasteiger charge is 2.34.